The van der Waals surface area contributed by atoms with Gasteiger partial charge in [0, 0.05) is 36.3 Å². The Morgan fingerprint density at radius 3 is 2.89 bits per heavy atom. The first kappa shape index (κ1) is 17.5. The zero-order valence-corrected chi connectivity index (χ0v) is 15.7. The van der Waals surface area contributed by atoms with Gasteiger partial charge in [-0.05, 0) is 31.7 Å². The summed E-state index contributed by atoms with van der Waals surface area (Å²) in [4.78, 5) is 14.7. The number of benzene rings is 1. The number of carbonyl (C=O) groups is 1. The lowest BCUT2D eigenvalue weighted by molar-refractivity contribution is 0.0664. The molecule has 3 heterocycles. The van der Waals surface area contributed by atoms with Crippen LogP contribution in [-0.4, -0.2) is 39.3 Å². The fourth-order valence-corrected chi connectivity index (χ4v) is 3.70. The second-order valence-electron chi connectivity index (χ2n) is 7.19. The van der Waals surface area contributed by atoms with E-state index in [1.807, 2.05) is 18.0 Å². The molecule has 0 aliphatic carbocycles. The van der Waals surface area contributed by atoms with Crippen LogP contribution in [-0.2, 0) is 6.42 Å². The van der Waals surface area contributed by atoms with Gasteiger partial charge in [-0.15, -0.1) is 0 Å². The Labute approximate surface area is 158 Å². The lowest BCUT2D eigenvalue weighted by atomic mass is 9.90. The molecule has 4 rings (SSSR count). The van der Waals surface area contributed by atoms with Gasteiger partial charge in [-0.25, -0.2) is 0 Å². The molecule has 27 heavy (non-hydrogen) atoms. The van der Waals surface area contributed by atoms with Gasteiger partial charge in [-0.3, -0.25) is 9.89 Å². The van der Waals surface area contributed by atoms with Gasteiger partial charge in [0.1, 0.15) is 0 Å². The second-order valence-corrected chi connectivity index (χ2v) is 7.19. The van der Waals surface area contributed by atoms with Crippen molar-refractivity contribution in [3.8, 4) is 11.1 Å². The van der Waals surface area contributed by atoms with Gasteiger partial charge in [0.25, 0.3) is 5.91 Å². The van der Waals surface area contributed by atoms with E-state index in [0.29, 0.717) is 12.3 Å². The predicted molar refractivity (Wildman–Crippen MR) is 103 cm³/mol. The molecule has 2 aromatic heterocycles. The molecule has 0 saturated carbocycles. The number of rotatable bonds is 4. The van der Waals surface area contributed by atoms with E-state index < -0.39 is 0 Å². The highest BCUT2D eigenvalue weighted by Crippen LogP contribution is 2.33. The maximum atomic E-state index is 12.8. The molecular weight excluding hydrogens is 340 g/mol. The highest BCUT2D eigenvalue weighted by atomic mass is 16.5. The van der Waals surface area contributed by atoms with Crippen LogP contribution in [0.1, 0.15) is 53.2 Å². The first-order valence-corrected chi connectivity index (χ1v) is 9.51. The molecular formula is C21H24N4O2. The van der Waals surface area contributed by atoms with E-state index in [0.717, 1.165) is 48.3 Å². The SMILES string of the molecule is CCc1cc(C(=O)N2CCCC(c3[nH]ncc3-c3ccc(C)cc3)C2)on1. The summed E-state index contributed by atoms with van der Waals surface area (Å²) in [5, 5.41) is 11.4. The number of nitrogens with one attached hydrogen (secondary N) is 1. The smallest absolute Gasteiger partial charge is 0.292 e. The molecule has 1 saturated heterocycles. The molecule has 1 amide bonds. The second kappa shape index (κ2) is 7.39. The summed E-state index contributed by atoms with van der Waals surface area (Å²) in [6.45, 7) is 5.47. The average Bonchev–Trinajstić information content (AvgIpc) is 3.38. The van der Waals surface area contributed by atoms with Crippen LogP contribution >= 0.6 is 0 Å². The quantitative estimate of drug-likeness (QED) is 0.760. The van der Waals surface area contributed by atoms with Crippen molar-refractivity contribution < 1.29 is 9.32 Å². The highest BCUT2D eigenvalue weighted by Gasteiger charge is 2.29. The molecule has 1 aliphatic rings. The molecule has 1 aromatic carbocycles. The number of aromatic nitrogens is 3. The van der Waals surface area contributed by atoms with Crippen molar-refractivity contribution in [1.29, 1.82) is 0 Å². The standard InChI is InChI=1S/C21H24N4O2/c1-3-17-11-19(27-24-17)21(26)25-10-4-5-16(13-25)20-18(12-22-23-20)15-8-6-14(2)7-9-15/h6-9,11-12,16H,3-5,10,13H2,1-2H3,(H,22,23). The van der Waals surface area contributed by atoms with Gasteiger partial charge in [0.15, 0.2) is 0 Å². The molecule has 1 fully saturated rings. The van der Waals surface area contributed by atoms with Gasteiger partial charge in [-0.2, -0.15) is 5.10 Å². The zero-order valence-electron chi connectivity index (χ0n) is 15.7. The lowest BCUT2D eigenvalue weighted by Crippen LogP contribution is -2.39. The number of H-pyrrole nitrogens is 1. The maximum absolute atomic E-state index is 12.8. The number of piperidine rings is 1. The normalized spacial score (nSPS) is 17.3. The summed E-state index contributed by atoms with van der Waals surface area (Å²) in [6.07, 6.45) is 4.62. The van der Waals surface area contributed by atoms with Crippen molar-refractivity contribution >= 4 is 5.91 Å². The van der Waals surface area contributed by atoms with E-state index in [1.165, 1.54) is 5.56 Å². The zero-order chi connectivity index (χ0) is 18.8. The van der Waals surface area contributed by atoms with Crippen LogP contribution in [0.4, 0.5) is 0 Å². The van der Waals surface area contributed by atoms with Crippen molar-refractivity contribution in [2.24, 2.45) is 0 Å². The number of hydrogen-bond acceptors (Lipinski definition) is 4. The third kappa shape index (κ3) is 3.52. The van der Waals surface area contributed by atoms with Crippen molar-refractivity contribution in [1.82, 2.24) is 20.3 Å². The number of hydrogen-bond donors (Lipinski definition) is 1. The molecule has 1 aliphatic heterocycles. The van der Waals surface area contributed by atoms with Crippen LogP contribution in [0.5, 0.6) is 0 Å². The summed E-state index contributed by atoms with van der Waals surface area (Å²) in [5.41, 5.74) is 5.40. The van der Waals surface area contributed by atoms with E-state index in [1.54, 1.807) is 6.07 Å². The van der Waals surface area contributed by atoms with Crippen LogP contribution in [0.25, 0.3) is 11.1 Å². The third-order valence-electron chi connectivity index (χ3n) is 5.28. The van der Waals surface area contributed by atoms with Gasteiger partial charge < -0.3 is 9.42 Å². The average molecular weight is 364 g/mol. The number of carbonyl (C=O) groups excluding carboxylic acids is 1. The van der Waals surface area contributed by atoms with Crippen LogP contribution in [0.2, 0.25) is 0 Å². The Balaban J connectivity index is 1.54. The fourth-order valence-electron chi connectivity index (χ4n) is 3.70. The monoisotopic (exact) mass is 364 g/mol. The Kier molecular flexibility index (Phi) is 4.79. The number of aryl methyl sites for hydroxylation is 2. The van der Waals surface area contributed by atoms with Crippen molar-refractivity contribution in [3.05, 3.63) is 59.2 Å². The fraction of sp³-hybridized carbons (Fsp3) is 0.381. The van der Waals surface area contributed by atoms with Crippen LogP contribution in [0.15, 0.2) is 41.1 Å². The van der Waals surface area contributed by atoms with E-state index in [9.17, 15) is 4.79 Å². The summed E-state index contributed by atoms with van der Waals surface area (Å²) in [5.74, 6) is 0.481. The lowest BCUT2D eigenvalue weighted by Gasteiger charge is -2.32. The number of aromatic amines is 1. The van der Waals surface area contributed by atoms with Crippen molar-refractivity contribution in [2.75, 3.05) is 13.1 Å². The Bertz CT molecular complexity index is 926. The molecule has 0 radical (unpaired) electrons. The molecule has 0 bridgehead atoms. The summed E-state index contributed by atoms with van der Waals surface area (Å²) < 4.78 is 5.24. The summed E-state index contributed by atoms with van der Waals surface area (Å²) >= 11 is 0. The molecule has 6 nitrogen and oxygen atoms in total. The van der Waals surface area contributed by atoms with E-state index in [4.69, 9.17) is 4.52 Å². The Morgan fingerprint density at radius 2 is 2.15 bits per heavy atom. The molecule has 6 heteroatoms. The molecule has 140 valence electrons. The minimum atomic E-state index is -0.0803. The maximum Gasteiger partial charge on any atom is 0.292 e. The van der Waals surface area contributed by atoms with Gasteiger partial charge >= 0.3 is 0 Å². The molecule has 3 aromatic rings. The Hall–Kier alpha value is -2.89. The van der Waals surface area contributed by atoms with Crippen LogP contribution in [0.3, 0.4) is 0 Å². The molecule has 0 spiro atoms. The molecule has 1 atom stereocenters. The first-order chi connectivity index (χ1) is 13.2. The third-order valence-corrected chi connectivity index (χ3v) is 5.28. The van der Waals surface area contributed by atoms with Gasteiger partial charge in [0.05, 0.1) is 11.9 Å². The van der Waals surface area contributed by atoms with Crippen molar-refractivity contribution in [3.63, 3.8) is 0 Å². The largest absolute Gasteiger partial charge is 0.351 e. The topological polar surface area (TPSA) is 75.0 Å². The minimum Gasteiger partial charge on any atom is -0.351 e. The van der Waals surface area contributed by atoms with E-state index in [2.05, 4.69) is 46.5 Å². The Morgan fingerprint density at radius 1 is 1.33 bits per heavy atom. The predicted octanol–water partition coefficient (Wildman–Crippen LogP) is 3.96. The molecule has 1 N–H and O–H groups in total. The van der Waals surface area contributed by atoms with Crippen molar-refractivity contribution in [2.45, 2.75) is 39.0 Å². The number of amides is 1. The van der Waals surface area contributed by atoms with E-state index >= 15 is 0 Å². The first-order valence-electron chi connectivity index (χ1n) is 9.51. The minimum absolute atomic E-state index is 0.0803. The van der Waals surface area contributed by atoms with Crippen LogP contribution in [0, 0.1) is 6.92 Å². The van der Waals surface area contributed by atoms with Crippen LogP contribution < -0.4 is 0 Å². The summed E-state index contributed by atoms with van der Waals surface area (Å²) in [6, 6.07) is 10.2. The summed E-state index contributed by atoms with van der Waals surface area (Å²) in [7, 11) is 0. The van der Waals surface area contributed by atoms with E-state index in [-0.39, 0.29) is 11.8 Å². The number of likely N-dealkylation sites (tertiary alicyclic amines) is 1. The van der Waals surface area contributed by atoms with Gasteiger partial charge in [0.2, 0.25) is 5.76 Å². The van der Waals surface area contributed by atoms with Gasteiger partial charge in [-0.1, -0.05) is 41.9 Å². The highest BCUT2D eigenvalue weighted by molar-refractivity contribution is 5.91. The molecule has 1 unspecified atom stereocenters. The number of nitrogens with zero attached hydrogens (tertiary/aromatic N) is 3.